The molecule has 0 radical (unpaired) electrons. The lowest BCUT2D eigenvalue weighted by molar-refractivity contribution is 0.475. The molecule has 0 saturated heterocycles. The zero-order valence-corrected chi connectivity index (χ0v) is 13.0. The molecule has 0 aliphatic rings. The summed E-state index contributed by atoms with van der Waals surface area (Å²) in [6.07, 6.45) is 0. The van der Waals surface area contributed by atoms with Gasteiger partial charge in [0.05, 0.1) is 0 Å². The Morgan fingerprint density at radius 2 is 1.08 bits per heavy atom. The van der Waals surface area contributed by atoms with Crippen molar-refractivity contribution in [2.75, 3.05) is 0 Å². The zero-order valence-electron chi connectivity index (χ0n) is 7.37. The van der Waals surface area contributed by atoms with Crippen molar-refractivity contribution < 1.29 is 5.11 Å². The van der Waals surface area contributed by atoms with Gasteiger partial charge in [-0.1, -0.05) is 18.2 Å². The molecule has 0 spiro atoms. The van der Waals surface area contributed by atoms with Gasteiger partial charge in [-0.2, -0.15) is 39.6 Å². The van der Waals surface area contributed by atoms with Crippen LogP contribution in [-0.4, -0.2) is 5.11 Å². The van der Waals surface area contributed by atoms with E-state index in [9.17, 15) is 0 Å². The van der Waals surface area contributed by atoms with E-state index in [4.69, 9.17) is 5.11 Å². The molecule has 2 nitrogen and oxygen atoms in total. The summed E-state index contributed by atoms with van der Waals surface area (Å²) in [6, 6.07) is 8.71. The molecule has 12 heavy (non-hydrogen) atoms. The van der Waals surface area contributed by atoms with Gasteiger partial charge in [0.1, 0.15) is 5.75 Å². The maximum atomic E-state index is 8.63. The van der Waals surface area contributed by atoms with E-state index in [0.29, 0.717) is 5.75 Å². The molecule has 0 heterocycles. The van der Waals surface area contributed by atoms with Gasteiger partial charge >= 0.3 is 0 Å². The summed E-state index contributed by atoms with van der Waals surface area (Å²) in [6.45, 7) is 0. The number of benzene rings is 1. The Balaban J connectivity index is -0.0000000327. The minimum absolute atomic E-state index is 0. The lowest BCUT2D eigenvalue weighted by atomic mass is 10.3. The Morgan fingerprint density at radius 1 is 0.750 bits per heavy atom. The summed E-state index contributed by atoms with van der Waals surface area (Å²) in [5.74, 6) is 0.322. The molecule has 76 valence electrons. The summed E-state index contributed by atoms with van der Waals surface area (Å²) in [5, 5.41) is 8.63. The van der Waals surface area contributed by atoms with E-state index in [1.807, 2.05) is 6.07 Å². The average Bonchev–Trinajstić information content (AvgIpc) is 1.69. The molecule has 6 heteroatoms. The topological polar surface area (TPSA) is 55.2 Å². The van der Waals surface area contributed by atoms with E-state index in [-0.39, 0.29) is 45.7 Å². The van der Waals surface area contributed by atoms with Crippen molar-refractivity contribution in [3.05, 3.63) is 30.3 Å². The quantitative estimate of drug-likeness (QED) is 0.686. The molecule has 0 aliphatic carbocycles. The molecule has 1 aromatic rings. The van der Waals surface area contributed by atoms with E-state index in [1.165, 1.54) is 0 Å². The third kappa shape index (κ3) is 13.3. The van der Waals surface area contributed by atoms with Gasteiger partial charge in [0.2, 0.25) is 0 Å². The molecular formula is C6H21NOP4. The van der Waals surface area contributed by atoms with Gasteiger partial charge in [-0.15, -0.1) is 0 Å². The third-order valence-electron chi connectivity index (χ3n) is 0.756. The Bertz CT molecular complexity index is 149. The largest absolute Gasteiger partial charge is 0.508 e. The number of rotatable bonds is 0. The van der Waals surface area contributed by atoms with Gasteiger partial charge in [-0.05, 0) is 12.1 Å². The minimum Gasteiger partial charge on any atom is -0.508 e. The zero-order chi connectivity index (χ0) is 5.11. The number of phenols is 1. The standard InChI is InChI=1S/C6H6O.H3N.4H3P/c7-6-4-2-1-3-5-6;;;;;/h1-5,7H;5*1H3. The van der Waals surface area contributed by atoms with Gasteiger partial charge in [-0.25, -0.2) is 0 Å². The van der Waals surface area contributed by atoms with Crippen LogP contribution in [0.5, 0.6) is 5.75 Å². The molecule has 0 saturated carbocycles. The molecule has 4 unspecified atom stereocenters. The van der Waals surface area contributed by atoms with Crippen LogP contribution < -0.4 is 6.15 Å². The number of phenolic OH excluding ortho intramolecular Hbond substituents is 1. The lowest BCUT2D eigenvalue weighted by Gasteiger charge is -1.82. The van der Waals surface area contributed by atoms with Crippen LogP contribution in [0.2, 0.25) is 0 Å². The van der Waals surface area contributed by atoms with Crippen LogP contribution in [0.1, 0.15) is 0 Å². The molecule has 1 rings (SSSR count). The summed E-state index contributed by atoms with van der Waals surface area (Å²) in [5.41, 5.74) is 0. The predicted molar refractivity (Wildman–Crippen MR) is 77.5 cm³/mol. The molecule has 0 aliphatic heterocycles. The van der Waals surface area contributed by atoms with Crippen molar-refractivity contribution in [1.29, 1.82) is 0 Å². The predicted octanol–water partition coefficient (Wildman–Crippen LogP) is 1.79. The minimum atomic E-state index is 0. The second-order valence-corrected chi connectivity index (χ2v) is 1.34. The van der Waals surface area contributed by atoms with Crippen molar-refractivity contribution >= 4 is 39.6 Å². The van der Waals surface area contributed by atoms with Crippen molar-refractivity contribution in [2.45, 2.75) is 0 Å². The van der Waals surface area contributed by atoms with E-state index >= 15 is 0 Å². The van der Waals surface area contributed by atoms with Gasteiger partial charge in [-0.3, -0.25) is 0 Å². The van der Waals surface area contributed by atoms with Crippen LogP contribution in [0, 0.1) is 0 Å². The number of hydrogen-bond acceptors (Lipinski definition) is 2. The van der Waals surface area contributed by atoms with E-state index in [1.54, 1.807) is 24.3 Å². The second-order valence-electron chi connectivity index (χ2n) is 1.34. The van der Waals surface area contributed by atoms with E-state index in [0.717, 1.165) is 0 Å². The fourth-order valence-electron chi connectivity index (χ4n) is 0.428. The number of hydrogen-bond donors (Lipinski definition) is 2. The molecule has 0 fully saturated rings. The van der Waals surface area contributed by atoms with Crippen LogP contribution in [-0.2, 0) is 0 Å². The summed E-state index contributed by atoms with van der Waals surface area (Å²) in [4.78, 5) is 0. The van der Waals surface area contributed by atoms with E-state index in [2.05, 4.69) is 0 Å². The van der Waals surface area contributed by atoms with Gasteiger partial charge in [0, 0.05) is 0 Å². The summed E-state index contributed by atoms with van der Waals surface area (Å²) in [7, 11) is 0. The van der Waals surface area contributed by atoms with Crippen molar-refractivity contribution in [3.8, 4) is 5.75 Å². The molecule has 4 atom stereocenters. The Labute approximate surface area is 87.4 Å². The molecule has 0 aromatic heterocycles. The van der Waals surface area contributed by atoms with Crippen molar-refractivity contribution in [2.24, 2.45) is 0 Å². The number of aromatic hydroxyl groups is 1. The molecular weight excluding hydrogens is 226 g/mol. The van der Waals surface area contributed by atoms with Crippen LogP contribution in [0.3, 0.4) is 0 Å². The highest BCUT2D eigenvalue weighted by molar-refractivity contribution is 6.92. The highest BCUT2D eigenvalue weighted by Crippen LogP contribution is 2.02. The Kier molecular flexibility index (Phi) is 43.2. The van der Waals surface area contributed by atoms with Gasteiger partial charge < -0.3 is 11.3 Å². The van der Waals surface area contributed by atoms with Crippen molar-refractivity contribution in [3.63, 3.8) is 0 Å². The number of para-hydroxylation sites is 1. The van der Waals surface area contributed by atoms with Crippen LogP contribution in [0.15, 0.2) is 30.3 Å². The first kappa shape index (κ1) is 29.3. The van der Waals surface area contributed by atoms with Gasteiger partial charge in [0.25, 0.3) is 0 Å². The molecule has 1 aromatic carbocycles. The fraction of sp³-hybridized carbons (Fsp3) is 0. The molecule has 4 N–H and O–H groups in total. The van der Waals surface area contributed by atoms with Crippen molar-refractivity contribution in [1.82, 2.24) is 6.15 Å². The summed E-state index contributed by atoms with van der Waals surface area (Å²) < 4.78 is 0. The Hall–Kier alpha value is 0.700. The van der Waals surface area contributed by atoms with Crippen LogP contribution in [0.25, 0.3) is 0 Å². The lowest BCUT2D eigenvalue weighted by Crippen LogP contribution is -1.56. The van der Waals surface area contributed by atoms with Gasteiger partial charge in [0.15, 0.2) is 0 Å². The van der Waals surface area contributed by atoms with E-state index < -0.39 is 0 Å². The average molecular weight is 247 g/mol. The first-order valence-electron chi connectivity index (χ1n) is 2.13. The third-order valence-corrected chi connectivity index (χ3v) is 0.756. The maximum Gasteiger partial charge on any atom is 0.115 e. The summed E-state index contributed by atoms with van der Waals surface area (Å²) >= 11 is 0. The molecule has 0 amide bonds. The Morgan fingerprint density at radius 3 is 1.25 bits per heavy atom. The fourth-order valence-corrected chi connectivity index (χ4v) is 0.428. The monoisotopic (exact) mass is 247 g/mol. The first-order chi connectivity index (χ1) is 3.39. The maximum absolute atomic E-state index is 8.63. The second kappa shape index (κ2) is 17.7. The highest BCUT2D eigenvalue weighted by atomic mass is 31.0. The SMILES string of the molecule is N.Oc1ccccc1.P.P.P.P. The molecule has 0 bridgehead atoms. The van der Waals surface area contributed by atoms with Crippen LogP contribution >= 0.6 is 39.6 Å². The normalized spacial score (nSPS) is 5.00. The first-order valence-corrected chi connectivity index (χ1v) is 2.13. The highest BCUT2D eigenvalue weighted by Gasteiger charge is 1.74. The van der Waals surface area contributed by atoms with Crippen LogP contribution in [0.4, 0.5) is 0 Å². The smallest absolute Gasteiger partial charge is 0.115 e.